The summed E-state index contributed by atoms with van der Waals surface area (Å²) in [6.07, 6.45) is 0. The highest BCUT2D eigenvalue weighted by Crippen LogP contribution is 2.12. The van der Waals surface area contributed by atoms with E-state index < -0.39 is 0 Å². The van der Waals surface area contributed by atoms with Gasteiger partial charge in [0.2, 0.25) is 0 Å². The van der Waals surface area contributed by atoms with Crippen LogP contribution in [0.15, 0.2) is 16.6 Å². The van der Waals surface area contributed by atoms with E-state index in [0.29, 0.717) is 5.92 Å². The lowest BCUT2D eigenvalue weighted by molar-refractivity contribution is 0.867. The SMILES string of the molecule is CC(C)c1c#cc(Br)cc1. The first-order chi connectivity index (χ1) is 4.70. The Bertz CT molecular complexity index is 198. The van der Waals surface area contributed by atoms with E-state index in [0.717, 1.165) is 4.47 Å². The van der Waals surface area contributed by atoms with Crippen molar-refractivity contribution in [2.24, 2.45) is 0 Å². The fraction of sp³-hybridized carbons (Fsp3) is 0.333. The maximum absolute atomic E-state index is 3.31. The van der Waals surface area contributed by atoms with E-state index in [1.807, 2.05) is 6.07 Å². The molecule has 1 rings (SSSR count). The minimum absolute atomic E-state index is 0.546. The average Bonchev–Trinajstić information content (AvgIpc) is 1.88. The summed E-state index contributed by atoms with van der Waals surface area (Å²) in [5.74, 6) is 0.546. The minimum Gasteiger partial charge on any atom is -0.0653 e. The van der Waals surface area contributed by atoms with Crippen molar-refractivity contribution in [3.8, 4) is 0 Å². The van der Waals surface area contributed by atoms with Crippen molar-refractivity contribution in [1.29, 1.82) is 0 Å². The van der Waals surface area contributed by atoms with Crippen LogP contribution in [0.3, 0.4) is 0 Å². The first kappa shape index (κ1) is 7.63. The normalized spacial score (nSPS) is 9.60. The molecule has 0 spiro atoms. The molecule has 0 bridgehead atoms. The summed E-state index contributed by atoms with van der Waals surface area (Å²) in [5.41, 5.74) is 1.21. The Hall–Kier alpha value is -0.480. The molecule has 0 aliphatic rings. The zero-order chi connectivity index (χ0) is 7.56. The molecule has 0 aliphatic carbocycles. The van der Waals surface area contributed by atoms with E-state index in [2.05, 4.69) is 48.0 Å². The van der Waals surface area contributed by atoms with Crippen LogP contribution in [-0.4, -0.2) is 0 Å². The van der Waals surface area contributed by atoms with Crippen molar-refractivity contribution in [1.82, 2.24) is 0 Å². The summed E-state index contributed by atoms with van der Waals surface area (Å²) in [4.78, 5) is 0. The molecule has 0 nitrogen and oxygen atoms in total. The molecule has 1 aromatic rings. The van der Waals surface area contributed by atoms with E-state index in [1.165, 1.54) is 5.56 Å². The second kappa shape index (κ2) is 3.07. The van der Waals surface area contributed by atoms with Crippen LogP contribution in [0.5, 0.6) is 0 Å². The van der Waals surface area contributed by atoms with Gasteiger partial charge >= 0.3 is 0 Å². The Morgan fingerprint density at radius 1 is 1.30 bits per heavy atom. The van der Waals surface area contributed by atoms with Gasteiger partial charge in [-0.1, -0.05) is 26.0 Å². The van der Waals surface area contributed by atoms with Crippen LogP contribution in [0.4, 0.5) is 0 Å². The lowest BCUT2D eigenvalue weighted by Gasteiger charge is -1.98. The van der Waals surface area contributed by atoms with Crippen LogP contribution in [0, 0.1) is 12.1 Å². The third kappa shape index (κ3) is 1.75. The van der Waals surface area contributed by atoms with Crippen molar-refractivity contribution < 1.29 is 0 Å². The standard InChI is InChI=1S/C9H9Br/c1-7(2)8-3-5-9(10)6-4-8/h3,5,7H,1-2H3. The molecule has 0 saturated heterocycles. The van der Waals surface area contributed by atoms with E-state index >= 15 is 0 Å². The Kier molecular flexibility index (Phi) is 2.34. The van der Waals surface area contributed by atoms with Gasteiger partial charge < -0.3 is 0 Å². The molecule has 52 valence electrons. The molecule has 1 aromatic carbocycles. The predicted molar refractivity (Wildman–Crippen MR) is 45.9 cm³/mol. The lowest BCUT2D eigenvalue weighted by Crippen LogP contribution is -1.82. The largest absolute Gasteiger partial charge is 0.0678 e. The molecule has 0 aromatic heterocycles. The van der Waals surface area contributed by atoms with Gasteiger partial charge in [-0.3, -0.25) is 0 Å². The highest BCUT2D eigenvalue weighted by Gasteiger charge is 1.95. The highest BCUT2D eigenvalue weighted by atomic mass is 79.9. The average molecular weight is 197 g/mol. The highest BCUT2D eigenvalue weighted by molar-refractivity contribution is 9.10. The second-order valence-electron chi connectivity index (χ2n) is 2.54. The zero-order valence-electron chi connectivity index (χ0n) is 6.11. The fourth-order valence-electron chi connectivity index (χ4n) is 0.715. The summed E-state index contributed by atoms with van der Waals surface area (Å²) < 4.78 is 0.969. The summed E-state index contributed by atoms with van der Waals surface area (Å²) in [6.45, 7) is 4.29. The van der Waals surface area contributed by atoms with E-state index in [-0.39, 0.29) is 0 Å². The molecule has 0 radical (unpaired) electrons. The Labute approximate surface area is 70.4 Å². The maximum atomic E-state index is 3.31. The summed E-state index contributed by atoms with van der Waals surface area (Å²) in [5, 5.41) is 0. The molecule has 0 amide bonds. The number of rotatable bonds is 1. The molecule has 0 N–H and O–H groups in total. The summed E-state index contributed by atoms with van der Waals surface area (Å²) >= 11 is 3.31. The van der Waals surface area contributed by atoms with Crippen LogP contribution in [0.2, 0.25) is 0 Å². The molecule has 0 aliphatic heterocycles. The second-order valence-corrected chi connectivity index (χ2v) is 3.40. The molecular formula is C9H9Br. The first-order valence-electron chi connectivity index (χ1n) is 3.29. The Balaban J connectivity index is 2.89. The van der Waals surface area contributed by atoms with Crippen molar-refractivity contribution in [2.75, 3.05) is 0 Å². The lowest BCUT2D eigenvalue weighted by atomic mass is 10.1. The maximum Gasteiger partial charge on any atom is 0.0678 e. The van der Waals surface area contributed by atoms with Gasteiger partial charge in [0.05, 0.1) is 4.47 Å². The molecule has 0 unspecified atom stereocenters. The predicted octanol–water partition coefficient (Wildman–Crippen LogP) is 3.17. The molecule has 1 heteroatoms. The monoisotopic (exact) mass is 196 g/mol. The summed E-state index contributed by atoms with van der Waals surface area (Å²) in [6, 6.07) is 10.1. The molecule has 0 atom stereocenters. The number of halogens is 1. The van der Waals surface area contributed by atoms with Gasteiger partial charge in [0.25, 0.3) is 0 Å². The Morgan fingerprint density at radius 2 is 2.00 bits per heavy atom. The smallest absolute Gasteiger partial charge is 0.0653 e. The van der Waals surface area contributed by atoms with E-state index in [9.17, 15) is 0 Å². The van der Waals surface area contributed by atoms with Gasteiger partial charge in [-0.25, -0.2) is 0 Å². The topological polar surface area (TPSA) is 0 Å². The molecule has 0 saturated carbocycles. The van der Waals surface area contributed by atoms with Gasteiger partial charge in [0.1, 0.15) is 0 Å². The van der Waals surface area contributed by atoms with Gasteiger partial charge in [-0.2, -0.15) is 0 Å². The minimum atomic E-state index is 0.546. The van der Waals surface area contributed by atoms with Crippen LogP contribution in [0.1, 0.15) is 25.3 Å². The van der Waals surface area contributed by atoms with Crippen molar-refractivity contribution in [2.45, 2.75) is 19.8 Å². The first-order valence-corrected chi connectivity index (χ1v) is 4.09. The van der Waals surface area contributed by atoms with E-state index in [1.54, 1.807) is 0 Å². The van der Waals surface area contributed by atoms with Gasteiger partial charge in [0, 0.05) is 5.56 Å². The molecule has 10 heavy (non-hydrogen) atoms. The van der Waals surface area contributed by atoms with Crippen LogP contribution in [0.25, 0.3) is 0 Å². The van der Waals surface area contributed by atoms with Crippen LogP contribution < -0.4 is 0 Å². The quantitative estimate of drug-likeness (QED) is 0.648. The van der Waals surface area contributed by atoms with Crippen molar-refractivity contribution in [3.63, 3.8) is 0 Å². The number of hydrogen-bond donors (Lipinski definition) is 0. The van der Waals surface area contributed by atoms with Crippen LogP contribution in [-0.2, 0) is 0 Å². The fourth-order valence-corrected chi connectivity index (χ4v) is 0.946. The molecule has 0 heterocycles. The van der Waals surface area contributed by atoms with Crippen molar-refractivity contribution in [3.05, 3.63) is 34.3 Å². The molecule has 0 fully saturated rings. The van der Waals surface area contributed by atoms with Gasteiger partial charge in [0.15, 0.2) is 0 Å². The van der Waals surface area contributed by atoms with Gasteiger partial charge in [-0.05, 0) is 34.0 Å². The number of hydrogen-bond acceptors (Lipinski definition) is 0. The summed E-state index contributed by atoms with van der Waals surface area (Å²) in [7, 11) is 0. The third-order valence-corrected chi connectivity index (χ3v) is 1.82. The van der Waals surface area contributed by atoms with Crippen molar-refractivity contribution >= 4 is 15.9 Å². The third-order valence-electron chi connectivity index (χ3n) is 1.36. The van der Waals surface area contributed by atoms with Crippen LogP contribution >= 0.6 is 15.9 Å². The van der Waals surface area contributed by atoms with E-state index in [4.69, 9.17) is 0 Å². The Morgan fingerprint density at radius 3 is 2.40 bits per heavy atom. The molecular weight excluding hydrogens is 188 g/mol. The zero-order valence-corrected chi connectivity index (χ0v) is 7.70. The van der Waals surface area contributed by atoms with Gasteiger partial charge in [-0.15, -0.1) is 0 Å².